The van der Waals surface area contributed by atoms with Gasteiger partial charge in [0.1, 0.15) is 0 Å². The fourth-order valence-electron chi connectivity index (χ4n) is 1.89. The number of likely N-dealkylation sites (tertiary alicyclic amines) is 1. The summed E-state index contributed by atoms with van der Waals surface area (Å²) in [5, 5.41) is 19.7. The number of carbonyl (C=O) groups is 1. The van der Waals surface area contributed by atoms with E-state index in [0.717, 1.165) is 5.56 Å². The molecule has 18 heavy (non-hydrogen) atoms. The van der Waals surface area contributed by atoms with Gasteiger partial charge in [-0.25, -0.2) is 0 Å². The van der Waals surface area contributed by atoms with E-state index in [0.29, 0.717) is 25.9 Å². The minimum Gasteiger partial charge on any atom is -0.389 e. The number of nitro groups is 1. The van der Waals surface area contributed by atoms with Gasteiger partial charge in [0.05, 0.1) is 11.0 Å². The molecule has 0 radical (unpaired) electrons. The summed E-state index contributed by atoms with van der Waals surface area (Å²) in [5.74, 6) is -0.0215. The lowest BCUT2D eigenvalue weighted by Crippen LogP contribution is -2.53. The van der Waals surface area contributed by atoms with Gasteiger partial charge < -0.3 is 10.0 Å². The van der Waals surface area contributed by atoms with Gasteiger partial charge in [-0.2, -0.15) is 0 Å². The van der Waals surface area contributed by atoms with E-state index in [1.807, 2.05) is 0 Å². The number of non-ortho nitro benzene ring substituents is 1. The third-order valence-electron chi connectivity index (χ3n) is 2.96. The van der Waals surface area contributed by atoms with Crippen LogP contribution in [-0.2, 0) is 11.2 Å². The van der Waals surface area contributed by atoms with Gasteiger partial charge in [0.2, 0.25) is 5.91 Å². The van der Waals surface area contributed by atoms with Gasteiger partial charge in [-0.15, -0.1) is 0 Å². The number of aliphatic hydroxyl groups excluding tert-OH is 1. The van der Waals surface area contributed by atoms with Gasteiger partial charge in [-0.3, -0.25) is 14.9 Å². The lowest BCUT2D eigenvalue weighted by atomic mass is 10.1. The van der Waals surface area contributed by atoms with Crippen molar-refractivity contribution in [1.82, 2.24) is 4.90 Å². The number of β-amino-alcohol motifs (C(OH)–C–C–N with tert-alkyl or cyclic N) is 1. The number of carbonyl (C=O) groups excluding carboxylic acids is 1. The minimum absolute atomic E-state index is 0.0215. The fraction of sp³-hybridized carbons (Fsp3) is 0.417. The lowest BCUT2D eigenvalue weighted by molar-refractivity contribution is -0.384. The van der Waals surface area contributed by atoms with E-state index in [9.17, 15) is 14.9 Å². The van der Waals surface area contributed by atoms with Crippen LogP contribution in [0.1, 0.15) is 12.0 Å². The van der Waals surface area contributed by atoms with Crippen LogP contribution in [0.2, 0.25) is 0 Å². The minimum atomic E-state index is -0.447. The molecule has 1 saturated heterocycles. The van der Waals surface area contributed by atoms with Crippen molar-refractivity contribution in [3.8, 4) is 0 Å². The summed E-state index contributed by atoms with van der Waals surface area (Å²) >= 11 is 0. The maximum Gasteiger partial charge on any atom is 0.269 e. The number of hydrogen-bond donors (Lipinski definition) is 1. The van der Waals surface area contributed by atoms with E-state index >= 15 is 0 Å². The quantitative estimate of drug-likeness (QED) is 0.630. The Morgan fingerprint density at radius 2 is 2.22 bits per heavy atom. The normalized spacial score (nSPS) is 15.3. The first-order valence-corrected chi connectivity index (χ1v) is 5.75. The molecule has 0 saturated carbocycles. The average molecular weight is 250 g/mol. The van der Waals surface area contributed by atoms with E-state index in [1.165, 1.54) is 12.1 Å². The molecule has 1 amide bonds. The molecule has 0 unspecified atom stereocenters. The van der Waals surface area contributed by atoms with Crippen molar-refractivity contribution in [1.29, 1.82) is 0 Å². The van der Waals surface area contributed by atoms with Crippen molar-refractivity contribution < 1.29 is 14.8 Å². The molecule has 6 heteroatoms. The summed E-state index contributed by atoms with van der Waals surface area (Å²) in [6.07, 6.45) is 0.396. The van der Waals surface area contributed by atoms with Crippen molar-refractivity contribution in [2.75, 3.05) is 13.1 Å². The van der Waals surface area contributed by atoms with Crippen molar-refractivity contribution in [3.05, 3.63) is 39.9 Å². The highest BCUT2D eigenvalue weighted by Gasteiger charge is 2.28. The molecule has 1 N–H and O–H groups in total. The maximum absolute atomic E-state index is 11.6. The molecule has 1 heterocycles. The van der Waals surface area contributed by atoms with Crippen molar-refractivity contribution in [2.24, 2.45) is 0 Å². The first kappa shape index (κ1) is 12.5. The van der Waals surface area contributed by atoms with E-state index in [1.54, 1.807) is 17.0 Å². The predicted molar refractivity (Wildman–Crippen MR) is 64.0 cm³/mol. The number of hydrogen-bond acceptors (Lipinski definition) is 4. The maximum atomic E-state index is 11.6. The number of aliphatic hydroxyl groups is 1. The van der Waals surface area contributed by atoms with Crippen molar-refractivity contribution in [2.45, 2.75) is 18.9 Å². The Labute approximate surface area is 104 Å². The topological polar surface area (TPSA) is 83.7 Å². The highest BCUT2D eigenvalue weighted by Crippen LogP contribution is 2.16. The Balaban J connectivity index is 1.88. The van der Waals surface area contributed by atoms with Crippen LogP contribution < -0.4 is 0 Å². The molecular formula is C12H14N2O4. The summed E-state index contributed by atoms with van der Waals surface area (Å²) in [4.78, 5) is 23.4. The zero-order valence-corrected chi connectivity index (χ0v) is 9.78. The smallest absolute Gasteiger partial charge is 0.269 e. The molecule has 0 bridgehead atoms. The summed E-state index contributed by atoms with van der Waals surface area (Å²) < 4.78 is 0. The summed E-state index contributed by atoms with van der Waals surface area (Å²) in [7, 11) is 0. The van der Waals surface area contributed by atoms with Crippen molar-refractivity contribution in [3.63, 3.8) is 0 Å². The van der Waals surface area contributed by atoms with E-state index in [2.05, 4.69) is 0 Å². The van der Waals surface area contributed by atoms with Crippen LogP contribution in [0.15, 0.2) is 24.3 Å². The first-order chi connectivity index (χ1) is 8.56. The summed E-state index contributed by atoms with van der Waals surface area (Å²) in [6.45, 7) is 0.793. The zero-order chi connectivity index (χ0) is 13.1. The van der Waals surface area contributed by atoms with E-state index in [4.69, 9.17) is 5.11 Å². The molecular weight excluding hydrogens is 236 g/mol. The molecule has 1 fully saturated rings. The van der Waals surface area contributed by atoms with Crippen LogP contribution in [-0.4, -0.2) is 40.0 Å². The Hall–Kier alpha value is -1.95. The number of benzene rings is 1. The van der Waals surface area contributed by atoms with E-state index < -0.39 is 11.0 Å². The van der Waals surface area contributed by atoms with Gasteiger partial charge in [-0.05, 0) is 12.0 Å². The molecule has 0 aliphatic carbocycles. The highest BCUT2D eigenvalue weighted by molar-refractivity contribution is 5.77. The number of nitro benzene ring substituents is 1. The van der Waals surface area contributed by atoms with Crippen LogP contribution in [0.4, 0.5) is 5.69 Å². The van der Waals surface area contributed by atoms with Crippen LogP contribution >= 0.6 is 0 Å². The molecule has 96 valence electrons. The number of nitrogens with zero attached hydrogens (tertiary/aromatic N) is 2. The first-order valence-electron chi connectivity index (χ1n) is 5.75. The van der Waals surface area contributed by atoms with Gasteiger partial charge >= 0.3 is 0 Å². The number of aryl methyl sites for hydroxylation is 1. The van der Waals surface area contributed by atoms with Crippen LogP contribution in [0.25, 0.3) is 0 Å². The molecule has 1 aliphatic rings. The largest absolute Gasteiger partial charge is 0.389 e. The lowest BCUT2D eigenvalue weighted by Gasteiger charge is -2.35. The van der Waals surface area contributed by atoms with Gasteiger partial charge in [0.15, 0.2) is 0 Å². The second-order valence-corrected chi connectivity index (χ2v) is 4.38. The molecule has 2 rings (SSSR count). The number of rotatable bonds is 4. The number of amides is 1. The van der Waals surface area contributed by atoms with Gasteiger partial charge in [0, 0.05) is 31.6 Å². The molecule has 0 aromatic heterocycles. The Kier molecular flexibility index (Phi) is 3.57. The molecule has 1 aliphatic heterocycles. The second-order valence-electron chi connectivity index (χ2n) is 4.38. The van der Waals surface area contributed by atoms with E-state index in [-0.39, 0.29) is 11.6 Å². The second kappa shape index (κ2) is 5.14. The van der Waals surface area contributed by atoms with Crippen molar-refractivity contribution >= 4 is 11.6 Å². The highest BCUT2D eigenvalue weighted by atomic mass is 16.6. The van der Waals surface area contributed by atoms with Gasteiger partial charge in [0.25, 0.3) is 5.69 Å². The third-order valence-corrected chi connectivity index (χ3v) is 2.96. The third kappa shape index (κ3) is 2.84. The monoisotopic (exact) mass is 250 g/mol. The zero-order valence-electron chi connectivity index (χ0n) is 9.78. The SMILES string of the molecule is O=C(CCc1cccc([N+](=O)[O-])c1)N1CC(O)C1. The van der Waals surface area contributed by atoms with Crippen LogP contribution in [0, 0.1) is 10.1 Å². The standard InChI is InChI=1S/C12H14N2O4/c15-11-7-13(8-11)12(16)5-4-9-2-1-3-10(6-9)14(17)18/h1-3,6,11,15H,4-5,7-8H2. The van der Waals surface area contributed by atoms with Crippen LogP contribution in [0.5, 0.6) is 0 Å². The fourth-order valence-corrected chi connectivity index (χ4v) is 1.89. The Bertz CT molecular complexity index is 469. The van der Waals surface area contributed by atoms with Crippen LogP contribution in [0.3, 0.4) is 0 Å². The average Bonchev–Trinajstić information content (AvgIpc) is 2.32. The summed E-state index contributed by atoms with van der Waals surface area (Å²) in [5.41, 5.74) is 0.818. The van der Waals surface area contributed by atoms with Gasteiger partial charge in [-0.1, -0.05) is 12.1 Å². The molecule has 1 aromatic rings. The molecule has 0 spiro atoms. The Morgan fingerprint density at radius 3 is 2.83 bits per heavy atom. The predicted octanol–water partition coefficient (Wildman–Crippen LogP) is 0.730. The molecule has 6 nitrogen and oxygen atoms in total. The Morgan fingerprint density at radius 1 is 1.50 bits per heavy atom. The summed E-state index contributed by atoms with van der Waals surface area (Å²) in [6, 6.07) is 6.30. The molecule has 1 aromatic carbocycles. The molecule has 0 atom stereocenters.